The van der Waals surface area contributed by atoms with Crippen LogP contribution in [-0.2, 0) is 9.73 Å². The molecule has 0 N–H and O–H groups in total. The number of benzene rings is 1. The van der Waals surface area contributed by atoms with E-state index in [0.29, 0.717) is 22.8 Å². The molecule has 1 aromatic carbocycles. The number of rotatable bonds is 6. The SMILES string of the molecule is C=CCC(c1cc(Cl)nc(SC)n1)S(=O)(=NC(=O)c1ccccc1)C(C)(C)C. The Bertz CT molecular complexity index is 979. The third kappa shape index (κ3) is 5.01. The fourth-order valence-corrected chi connectivity index (χ4v) is 5.70. The lowest BCUT2D eigenvalue weighted by molar-refractivity contribution is 0.100. The maximum absolute atomic E-state index is 14.2. The highest BCUT2D eigenvalue weighted by molar-refractivity contribution is 7.98. The Hall–Kier alpha value is -1.70. The minimum atomic E-state index is -3.10. The summed E-state index contributed by atoms with van der Waals surface area (Å²) in [5.41, 5.74) is 0.885. The Morgan fingerprint density at radius 1 is 1.32 bits per heavy atom. The van der Waals surface area contributed by atoms with Crippen molar-refractivity contribution in [1.29, 1.82) is 0 Å². The molecule has 2 aromatic rings. The molecule has 1 amide bonds. The Morgan fingerprint density at radius 2 is 1.96 bits per heavy atom. The van der Waals surface area contributed by atoms with Crippen molar-refractivity contribution in [3.05, 3.63) is 65.5 Å². The van der Waals surface area contributed by atoms with Crippen LogP contribution in [0.5, 0.6) is 0 Å². The monoisotopic (exact) mass is 437 g/mol. The minimum Gasteiger partial charge on any atom is -0.266 e. The number of halogens is 1. The largest absolute Gasteiger partial charge is 0.285 e. The van der Waals surface area contributed by atoms with E-state index in [0.717, 1.165) is 0 Å². The molecule has 2 unspecified atom stereocenters. The van der Waals surface area contributed by atoms with Gasteiger partial charge in [-0.3, -0.25) is 4.79 Å². The first-order chi connectivity index (χ1) is 13.1. The van der Waals surface area contributed by atoms with Crippen molar-refractivity contribution in [3.63, 3.8) is 0 Å². The highest BCUT2D eigenvalue weighted by Crippen LogP contribution is 2.37. The first kappa shape index (κ1) is 22.6. The Labute approximate surface area is 176 Å². The van der Waals surface area contributed by atoms with Crippen molar-refractivity contribution in [1.82, 2.24) is 9.97 Å². The lowest BCUT2D eigenvalue weighted by atomic mass is 10.2. The summed E-state index contributed by atoms with van der Waals surface area (Å²) in [6.07, 6.45) is 3.83. The van der Waals surface area contributed by atoms with E-state index < -0.39 is 25.6 Å². The zero-order chi connectivity index (χ0) is 20.9. The first-order valence-corrected chi connectivity index (χ1v) is 11.8. The van der Waals surface area contributed by atoms with Crippen molar-refractivity contribution >= 4 is 39.0 Å². The third-order valence-corrected chi connectivity index (χ3v) is 8.23. The average molecular weight is 438 g/mol. The quantitative estimate of drug-likeness (QED) is 0.255. The number of carbonyl (C=O) groups is 1. The zero-order valence-electron chi connectivity index (χ0n) is 16.4. The molecule has 0 spiro atoms. The molecule has 1 heterocycles. The molecule has 1 aromatic heterocycles. The molecule has 0 saturated heterocycles. The van der Waals surface area contributed by atoms with Gasteiger partial charge in [-0.15, -0.1) is 6.58 Å². The molecule has 0 radical (unpaired) electrons. The molecule has 2 atom stereocenters. The van der Waals surface area contributed by atoms with Gasteiger partial charge in [-0.2, -0.15) is 4.36 Å². The number of hydrogen-bond donors (Lipinski definition) is 0. The second-order valence-electron chi connectivity index (χ2n) is 7.06. The smallest absolute Gasteiger partial charge is 0.266 e. The van der Waals surface area contributed by atoms with Crippen molar-refractivity contribution < 1.29 is 9.00 Å². The van der Waals surface area contributed by atoms with Gasteiger partial charge in [0.2, 0.25) is 0 Å². The van der Waals surface area contributed by atoms with Crippen LogP contribution in [0.4, 0.5) is 0 Å². The number of carbonyl (C=O) groups excluding carboxylic acids is 1. The van der Waals surface area contributed by atoms with Gasteiger partial charge < -0.3 is 0 Å². The van der Waals surface area contributed by atoms with E-state index in [-0.39, 0.29) is 5.15 Å². The average Bonchev–Trinajstić information content (AvgIpc) is 2.65. The van der Waals surface area contributed by atoms with Gasteiger partial charge in [-0.1, -0.05) is 47.6 Å². The predicted molar refractivity (Wildman–Crippen MR) is 117 cm³/mol. The molecular formula is C20H24ClN3O2S2. The molecule has 0 fully saturated rings. The van der Waals surface area contributed by atoms with Crippen LogP contribution >= 0.6 is 23.4 Å². The number of allylic oxidation sites excluding steroid dienone is 1. The molecular weight excluding hydrogens is 414 g/mol. The summed E-state index contributed by atoms with van der Waals surface area (Å²) in [5, 5.41) is 0.0825. The summed E-state index contributed by atoms with van der Waals surface area (Å²) in [6, 6.07) is 10.2. The van der Waals surface area contributed by atoms with E-state index in [1.807, 2.05) is 33.1 Å². The second kappa shape index (κ2) is 9.20. The van der Waals surface area contributed by atoms with E-state index in [2.05, 4.69) is 20.9 Å². The normalized spacial score (nSPS) is 14.8. The number of hydrogen-bond acceptors (Lipinski definition) is 5. The number of thioether (sulfide) groups is 1. The van der Waals surface area contributed by atoms with Crippen molar-refractivity contribution in [2.75, 3.05) is 6.26 Å². The summed E-state index contributed by atoms with van der Waals surface area (Å²) >= 11 is 7.50. The topological polar surface area (TPSA) is 72.3 Å². The summed E-state index contributed by atoms with van der Waals surface area (Å²) in [6.45, 7) is 9.22. The Morgan fingerprint density at radius 3 is 2.50 bits per heavy atom. The fourth-order valence-electron chi connectivity index (χ4n) is 2.62. The molecule has 0 saturated carbocycles. The molecule has 150 valence electrons. The maximum Gasteiger partial charge on any atom is 0.285 e. The van der Waals surface area contributed by atoms with E-state index in [9.17, 15) is 9.00 Å². The molecule has 8 heteroatoms. The highest BCUT2D eigenvalue weighted by atomic mass is 35.5. The third-order valence-electron chi connectivity index (χ3n) is 4.09. The van der Waals surface area contributed by atoms with Crippen LogP contribution in [0, 0.1) is 0 Å². The van der Waals surface area contributed by atoms with Crippen LogP contribution in [-0.4, -0.2) is 31.1 Å². The van der Waals surface area contributed by atoms with Crippen LogP contribution in [0.15, 0.2) is 58.6 Å². The summed E-state index contributed by atoms with van der Waals surface area (Å²) in [5.74, 6) is -0.514. The van der Waals surface area contributed by atoms with Crippen LogP contribution in [0.25, 0.3) is 0 Å². The standard InChI is InChI=1S/C20H24ClN3O2S2/c1-6-10-16(15-13-17(21)23-19(22-15)27-5)28(26,20(2,3)4)24-18(25)14-11-8-7-9-12-14/h6-9,11-13,16H,1,10H2,2-5H3. The molecule has 0 aliphatic heterocycles. The van der Waals surface area contributed by atoms with Gasteiger partial charge in [0.05, 0.1) is 20.7 Å². The van der Waals surface area contributed by atoms with E-state index in [1.165, 1.54) is 11.8 Å². The van der Waals surface area contributed by atoms with Crippen LogP contribution in [0.3, 0.4) is 0 Å². The molecule has 0 aliphatic rings. The van der Waals surface area contributed by atoms with Gasteiger partial charge in [0.1, 0.15) is 5.15 Å². The lowest BCUT2D eigenvalue weighted by Crippen LogP contribution is -2.34. The fraction of sp³-hybridized carbons (Fsp3) is 0.350. The van der Waals surface area contributed by atoms with E-state index >= 15 is 0 Å². The van der Waals surface area contributed by atoms with Gasteiger partial charge in [-0.05, 0) is 51.6 Å². The van der Waals surface area contributed by atoms with Gasteiger partial charge in [0.15, 0.2) is 5.16 Å². The Balaban J connectivity index is 2.72. The Kier molecular flexibility index (Phi) is 7.42. The van der Waals surface area contributed by atoms with Crippen LogP contribution < -0.4 is 0 Å². The van der Waals surface area contributed by atoms with E-state index in [1.54, 1.807) is 36.4 Å². The number of amides is 1. The molecule has 0 aliphatic carbocycles. The minimum absolute atomic E-state index is 0.258. The van der Waals surface area contributed by atoms with Gasteiger partial charge >= 0.3 is 0 Å². The predicted octanol–water partition coefficient (Wildman–Crippen LogP) is 5.58. The van der Waals surface area contributed by atoms with Crippen LogP contribution in [0.2, 0.25) is 5.15 Å². The molecule has 2 rings (SSSR count). The lowest BCUT2D eigenvalue weighted by Gasteiger charge is -2.30. The molecule has 28 heavy (non-hydrogen) atoms. The maximum atomic E-state index is 14.2. The summed E-state index contributed by atoms with van der Waals surface area (Å²) in [7, 11) is -3.10. The van der Waals surface area contributed by atoms with Crippen LogP contribution in [0.1, 0.15) is 48.5 Å². The van der Waals surface area contributed by atoms with E-state index in [4.69, 9.17) is 11.6 Å². The number of aromatic nitrogens is 2. The van der Waals surface area contributed by atoms with Crippen molar-refractivity contribution in [3.8, 4) is 0 Å². The van der Waals surface area contributed by atoms with Gasteiger partial charge in [-0.25, -0.2) is 14.2 Å². The molecule has 5 nitrogen and oxygen atoms in total. The van der Waals surface area contributed by atoms with Crippen molar-refractivity contribution in [2.45, 2.75) is 42.3 Å². The summed E-state index contributed by atoms with van der Waals surface area (Å²) < 4.78 is 17.7. The first-order valence-electron chi connectivity index (χ1n) is 8.66. The zero-order valence-corrected chi connectivity index (χ0v) is 18.8. The highest BCUT2D eigenvalue weighted by Gasteiger charge is 2.37. The summed E-state index contributed by atoms with van der Waals surface area (Å²) in [4.78, 5) is 21.5. The second-order valence-corrected chi connectivity index (χ2v) is 11.3. The molecule has 0 bridgehead atoms. The number of nitrogens with zero attached hydrogens (tertiary/aromatic N) is 3. The van der Waals surface area contributed by atoms with Gasteiger partial charge in [0, 0.05) is 10.3 Å². The van der Waals surface area contributed by atoms with Gasteiger partial charge in [0.25, 0.3) is 5.91 Å². The van der Waals surface area contributed by atoms with Crippen molar-refractivity contribution in [2.24, 2.45) is 4.36 Å².